The van der Waals surface area contributed by atoms with Crippen molar-refractivity contribution in [2.24, 2.45) is 0 Å². The van der Waals surface area contributed by atoms with Gasteiger partial charge in [-0.25, -0.2) is 18.1 Å². The van der Waals surface area contributed by atoms with Crippen LogP contribution in [-0.4, -0.2) is 55.7 Å². The Morgan fingerprint density at radius 2 is 1.94 bits per heavy atom. The van der Waals surface area contributed by atoms with Crippen LogP contribution in [0, 0.1) is 10.1 Å². The Morgan fingerprint density at radius 1 is 1.14 bits per heavy atom. The van der Waals surface area contributed by atoms with E-state index in [1.54, 1.807) is 4.68 Å². The number of benzene rings is 2. The Labute approximate surface area is 199 Å². The molecule has 0 amide bonds. The van der Waals surface area contributed by atoms with Crippen LogP contribution < -0.4 is 5.56 Å². The van der Waals surface area contributed by atoms with Crippen LogP contribution in [0.3, 0.4) is 0 Å². The molecule has 1 atom stereocenters. The van der Waals surface area contributed by atoms with Crippen molar-refractivity contribution in [1.82, 2.24) is 29.3 Å². The molecule has 1 fully saturated rings. The van der Waals surface area contributed by atoms with Crippen LogP contribution >= 0.6 is 0 Å². The molecule has 0 bridgehead atoms. The van der Waals surface area contributed by atoms with Crippen molar-refractivity contribution in [2.75, 3.05) is 13.1 Å². The first-order valence-corrected chi connectivity index (χ1v) is 12.4. The molecule has 1 aliphatic heterocycles. The molecule has 4 aromatic rings. The SMILES string of the molecule is O=c1[nH]c([C@H]2CCCN(S(=O)(=O)c3cccc([N+](=O)[O-])c3)C2)nc2c1nnn2Cc1ccccc1. The van der Waals surface area contributed by atoms with Gasteiger partial charge in [-0.1, -0.05) is 41.6 Å². The second-order valence-corrected chi connectivity index (χ2v) is 10.3. The maximum atomic E-state index is 13.2. The summed E-state index contributed by atoms with van der Waals surface area (Å²) in [5.74, 6) is -0.00699. The minimum absolute atomic E-state index is 0.0831. The van der Waals surface area contributed by atoms with E-state index in [9.17, 15) is 23.3 Å². The van der Waals surface area contributed by atoms with E-state index in [4.69, 9.17) is 0 Å². The van der Waals surface area contributed by atoms with Gasteiger partial charge in [0, 0.05) is 31.1 Å². The number of hydrogen-bond donors (Lipinski definition) is 1. The fourth-order valence-corrected chi connectivity index (χ4v) is 5.79. The summed E-state index contributed by atoms with van der Waals surface area (Å²) in [7, 11) is -3.97. The largest absolute Gasteiger partial charge is 0.308 e. The summed E-state index contributed by atoms with van der Waals surface area (Å²) in [6.45, 7) is 0.729. The highest BCUT2D eigenvalue weighted by molar-refractivity contribution is 7.89. The third-order valence-electron chi connectivity index (χ3n) is 6.00. The number of H-pyrrole nitrogens is 1. The number of aromatic nitrogens is 5. The minimum Gasteiger partial charge on any atom is -0.308 e. The lowest BCUT2D eigenvalue weighted by molar-refractivity contribution is -0.385. The highest BCUT2D eigenvalue weighted by atomic mass is 32.2. The van der Waals surface area contributed by atoms with Crippen LogP contribution in [0.4, 0.5) is 5.69 Å². The maximum Gasteiger partial charge on any atom is 0.281 e. The third kappa shape index (κ3) is 4.42. The molecular weight excluding hydrogens is 474 g/mol. The number of aromatic amines is 1. The first-order valence-electron chi connectivity index (χ1n) is 10.9. The number of nitro groups is 1. The number of nitrogens with one attached hydrogen (secondary N) is 1. The molecule has 13 heteroatoms. The smallest absolute Gasteiger partial charge is 0.281 e. The lowest BCUT2D eigenvalue weighted by Gasteiger charge is -2.31. The summed E-state index contributed by atoms with van der Waals surface area (Å²) in [5, 5.41) is 19.1. The van der Waals surface area contributed by atoms with Crippen molar-refractivity contribution in [3.8, 4) is 0 Å². The monoisotopic (exact) mass is 495 g/mol. The molecule has 1 saturated heterocycles. The van der Waals surface area contributed by atoms with Crippen LogP contribution in [0.2, 0.25) is 0 Å². The molecule has 0 radical (unpaired) electrons. The first kappa shape index (κ1) is 22.8. The maximum absolute atomic E-state index is 13.2. The van der Waals surface area contributed by atoms with Crippen LogP contribution in [0.1, 0.15) is 30.1 Å². The topological polar surface area (TPSA) is 157 Å². The zero-order valence-electron chi connectivity index (χ0n) is 18.4. The van der Waals surface area contributed by atoms with Crippen LogP contribution in [0.5, 0.6) is 0 Å². The Hall–Kier alpha value is -3.97. The zero-order chi connectivity index (χ0) is 24.6. The van der Waals surface area contributed by atoms with Gasteiger partial charge in [0.15, 0.2) is 11.2 Å². The number of non-ortho nitro benzene ring substituents is 1. The summed E-state index contributed by atoms with van der Waals surface area (Å²) in [4.78, 5) is 30.4. The molecular formula is C22H21N7O5S. The predicted molar refractivity (Wildman–Crippen MR) is 125 cm³/mol. The molecule has 5 rings (SSSR count). The second kappa shape index (κ2) is 9.00. The Balaban J connectivity index is 1.45. The average Bonchev–Trinajstić information content (AvgIpc) is 3.28. The molecule has 1 aliphatic rings. The number of fused-ring (bicyclic) bond motifs is 1. The zero-order valence-corrected chi connectivity index (χ0v) is 19.3. The van der Waals surface area contributed by atoms with Crippen molar-refractivity contribution in [1.29, 1.82) is 0 Å². The molecule has 2 aromatic carbocycles. The molecule has 0 spiro atoms. The lowest BCUT2D eigenvalue weighted by Crippen LogP contribution is -2.39. The summed E-state index contributed by atoms with van der Waals surface area (Å²) in [6.07, 6.45) is 1.16. The minimum atomic E-state index is -3.97. The molecule has 0 aliphatic carbocycles. The van der Waals surface area contributed by atoms with Gasteiger partial charge in [-0.05, 0) is 24.5 Å². The summed E-state index contributed by atoms with van der Waals surface area (Å²) >= 11 is 0. The Morgan fingerprint density at radius 3 is 2.71 bits per heavy atom. The lowest BCUT2D eigenvalue weighted by atomic mass is 9.99. The second-order valence-electron chi connectivity index (χ2n) is 8.31. The van der Waals surface area contributed by atoms with Gasteiger partial charge in [0.25, 0.3) is 11.2 Å². The quantitative estimate of drug-likeness (QED) is 0.314. The molecule has 180 valence electrons. The van der Waals surface area contributed by atoms with Crippen LogP contribution in [0.25, 0.3) is 11.2 Å². The van der Waals surface area contributed by atoms with Crippen LogP contribution in [-0.2, 0) is 16.6 Å². The number of piperidine rings is 1. The van der Waals surface area contributed by atoms with E-state index in [-0.39, 0.29) is 35.1 Å². The van der Waals surface area contributed by atoms with Gasteiger partial charge in [0.2, 0.25) is 10.0 Å². The van der Waals surface area contributed by atoms with E-state index >= 15 is 0 Å². The van der Waals surface area contributed by atoms with Crippen molar-refractivity contribution in [3.05, 3.63) is 86.5 Å². The highest BCUT2D eigenvalue weighted by Crippen LogP contribution is 2.29. The number of sulfonamides is 1. The normalized spacial score (nSPS) is 17.0. The summed E-state index contributed by atoms with van der Waals surface area (Å²) in [6, 6.07) is 14.6. The molecule has 12 nitrogen and oxygen atoms in total. The van der Waals surface area contributed by atoms with E-state index in [1.807, 2.05) is 30.3 Å². The molecule has 1 N–H and O–H groups in total. The number of rotatable bonds is 6. The van der Waals surface area contributed by atoms with E-state index in [1.165, 1.54) is 22.5 Å². The van der Waals surface area contributed by atoms with E-state index in [0.717, 1.165) is 11.6 Å². The number of nitro benzene ring substituents is 1. The van der Waals surface area contributed by atoms with E-state index in [2.05, 4.69) is 20.3 Å². The van der Waals surface area contributed by atoms with Crippen LogP contribution in [0.15, 0.2) is 64.3 Å². The van der Waals surface area contributed by atoms with Crippen molar-refractivity contribution in [2.45, 2.75) is 30.2 Å². The molecule has 0 saturated carbocycles. The molecule has 3 heterocycles. The molecule has 0 unspecified atom stereocenters. The van der Waals surface area contributed by atoms with E-state index in [0.29, 0.717) is 30.9 Å². The fourth-order valence-electron chi connectivity index (χ4n) is 4.23. The van der Waals surface area contributed by atoms with Gasteiger partial charge in [-0.3, -0.25) is 14.9 Å². The predicted octanol–water partition coefficient (Wildman–Crippen LogP) is 2.04. The van der Waals surface area contributed by atoms with Gasteiger partial charge in [-0.15, -0.1) is 5.10 Å². The first-order chi connectivity index (χ1) is 16.8. The molecule has 35 heavy (non-hydrogen) atoms. The van der Waals surface area contributed by atoms with Crippen molar-refractivity contribution >= 4 is 26.9 Å². The van der Waals surface area contributed by atoms with Gasteiger partial charge < -0.3 is 4.98 Å². The summed E-state index contributed by atoms with van der Waals surface area (Å²) in [5.41, 5.74) is 0.667. The van der Waals surface area contributed by atoms with Crippen molar-refractivity contribution < 1.29 is 13.3 Å². The summed E-state index contributed by atoms with van der Waals surface area (Å²) < 4.78 is 29.3. The fraction of sp³-hybridized carbons (Fsp3) is 0.273. The van der Waals surface area contributed by atoms with Gasteiger partial charge >= 0.3 is 0 Å². The Bertz CT molecular complexity index is 1570. The third-order valence-corrected chi connectivity index (χ3v) is 7.87. The number of hydrogen-bond acceptors (Lipinski definition) is 8. The Kier molecular flexibility index (Phi) is 5.86. The van der Waals surface area contributed by atoms with Gasteiger partial charge in [-0.2, -0.15) is 4.31 Å². The van der Waals surface area contributed by atoms with Gasteiger partial charge in [0.05, 0.1) is 16.4 Å². The standard InChI is InChI=1S/C22H21N7O5S/c30-22-19-21(28(26-25-19)13-15-6-2-1-3-7-15)23-20(24-22)16-8-5-11-27(14-16)35(33,34)18-10-4-9-17(12-18)29(31)32/h1-4,6-7,9-10,12,16H,5,8,11,13-14H2,(H,23,24,30)/t16-/m0/s1. The van der Waals surface area contributed by atoms with E-state index < -0.39 is 20.5 Å². The number of nitrogens with zero attached hydrogens (tertiary/aromatic N) is 6. The molecule has 2 aromatic heterocycles. The highest BCUT2D eigenvalue weighted by Gasteiger charge is 2.33. The van der Waals surface area contributed by atoms with Crippen molar-refractivity contribution in [3.63, 3.8) is 0 Å². The van der Waals surface area contributed by atoms with Gasteiger partial charge in [0.1, 0.15) is 5.82 Å². The average molecular weight is 496 g/mol.